The molecule has 2 heteroatoms. The van der Waals surface area contributed by atoms with Gasteiger partial charge >= 0.3 is 0 Å². The van der Waals surface area contributed by atoms with Gasteiger partial charge < -0.3 is 10.1 Å². The van der Waals surface area contributed by atoms with E-state index < -0.39 is 0 Å². The summed E-state index contributed by atoms with van der Waals surface area (Å²) in [5.74, 6) is 0.720. The maximum absolute atomic E-state index is 4.94. The first-order chi connectivity index (χ1) is 5.18. The van der Waals surface area contributed by atoms with Crippen molar-refractivity contribution in [2.75, 3.05) is 20.3 Å². The van der Waals surface area contributed by atoms with Gasteiger partial charge in [-0.05, 0) is 25.8 Å². The highest BCUT2D eigenvalue weighted by atomic mass is 16.5. The molecule has 0 amide bonds. The van der Waals surface area contributed by atoms with Crippen LogP contribution in [-0.2, 0) is 4.74 Å². The third kappa shape index (κ3) is 6.32. The van der Waals surface area contributed by atoms with Gasteiger partial charge in [-0.2, -0.15) is 0 Å². The van der Waals surface area contributed by atoms with Crippen LogP contribution in [0.1, 0.15) is 27.2 Å². The van der Waals surface area contributed by atoms with Crippen LogP contribution in [0, 0.1) is 5.92 Å². The molecule has 0 radical (unpaired) electrons. The van der Waals surface area contributed by atoms with Gasteiger partial charge in [-0.3, -0.25) is 0 Å². The molecule has 1 unspecified atom stereocenters. The lowest BCUT2D eigenvalue weighted by atomic mass is 10.1. The van der Waals surface area contributed by atoms with Crippen LogP contribution in [0.25, 0.3) is 0 Å². The van der Waals surface area contributed by atoms with Crippen molar-refractivity contribution in [1.29, 1.82) is 0 Å². The molecule has 0 aliphatic rings. The van der Waals surface area contributed by atoms with Gasteiger partial charge in [0.05, 0.1) is 0 Å². The molecule has 68 valence electrons. The Bertz CT molecular complexity index is 83.6. The molecule has 0 aliphatic heterocycles. The fourth-order valence-corrected chi connectivity index (χ4v) is 0.782. The van der Waals surface area contributed by atoms with E-state index in [9.17, 15) is 0 Å². The molecule has 0 spiro atoms. The lowest BCUT2D eigenvalue weighted by Crippen LogP contribution is -2.31. The molecular formula is C9H21NO. The van der Waals surface area contributed by atoms with Crippen LogP contribution in [0.4, 0.5) is 0 Å². The fourth-order valence-electron chi connectivity index (χ4n) is 0.782. The van der Waals surface area contributed by atoms with Gasteiger partial charge in [-0.1, -0.05) is 13.8 Å². The largest absolute Gasteiger partial charge is 0.385 e. The molecule has 0 aromatic heterocycles. The monoisotopic (exact) mass is 159 g/mol. The summed E-state index contributed by atoms with van der Waals surface area (Å²) in [7, 11) is 1.74. The molecule has 0 saturated heterocycles. The van der Waals surface area contributed by atoms with E-state index in [4.69, 9.17) is 4.74 Å². The van der Waals surface area contributed by atoms with Crippen molar-refractivity contribution in [2.24, 2.45) is 5.92 Å². The highest BCUT2D eigenvalue weighted by Gasteiger charge is 2.03. The number of hydrogen-bond donors (Lipinski definition) is 1. The molecule has 0 aromatic rings. The summed E-state index contributed by atoms with van der Waals surface area (Å²) < 4.78 is 4.94. The average Bonchev–Trinajstić information content (AvgIpc) is 1.97. The smallest absolute Gasteiger partial charge is 0.0474 e. The molecule has 0 bridgehead atoms. The Morgan fingerprint density at radius 1 is 1.27 bits per heavy atom. The van der Waals surface area contributed by atoms with Crippen LogP contribution >= 0.6 is 0 Å². The number of hydrogen-bond acceptors (Lipinski definition) is 2. The molecule has 11 heavy (non-hydrogen) atoms. The van der Waals surface area contributed by atoms with E-state index in [-0.39, 0.29) is 0 Å². The molecule has 1 atom stereocenters. The summed E-state index contributed by atoms with van der Waals surface area (Å²) >= 11 is 0. The highest BCUT2D eigenvalue weighted by Crippen LogP contribution is 1.98. The van der Waals surface area contributed by atoms with Gasteiger partial charge in [0.15, 0.2) is 0 Å². The SMILES string of the molecule is COCCCNC(C)C(C)C. The normalized spacial score (nSPS) is 13.9. The lowest BCUT2D eigenvalue weighted by molar-refractivity contribution is 0.192. The average molecular weight is 159 g/mol. The number of methoxy groups -OCH3 is 1. The van der Waals surface area contributed by atoms with Gasteiger partial charge in [0, 0.05) is 19.8 Å². The molecule has 0 heterocycles. The van der Waals surface area contributed by atoms with Crippen LogP contribution in [0.15, 0.2) is 0 Å². The van der Waals surface area contributed by atoms with E-state index in [0.717, 1.165) is 25.5 Å². The van der Waals surface area contributed by atoms with E-state index in [1.807, 2.05) is 0 Å². The first-order valence-electron chi connectivity index (χ1n) is 4.40. The zero-order valence-corrected chi connectivity index (χ0v) is 8.18. The molecule has 2 nitrogen and oxygen atoms in total. The third-order valence-corrected chi connectivity index (χ3v) is 1.99. The Labute approximate surface area is 70.3 Å². The van der Waals surface area contributed by atoms with Crippen LogP contribution < -0.4 is 5.32 Å². The summed E-state index contributed by atoms with van der Waals surface area (Å²) in [4.78, 5) is 0. The van der Waals surface area contributed by atoms with Crippen molar-refractivity contribution in [2.45, 2.75) is 33.2 Å². The minimum absolute atomic E-state index is 0.617. The quantitative estimate of drug-likeness (QED) is 0.595. The third-order valence-electron chi connectivity index (χ3n) is 1.99. The van der Waals surface area contributed by atoms with Crippen molar-refractivity contribution in [3.8, 4) is 0 Å². The molecular weight excluding hydrogens is 138 g/mol. The Morgan fingerprint density at radius 3 is 2.36 bits per heavy atom. The zero-order valence-electron chi connectivity index (χ0n) is 8.18. The van der Waals surface area contributed by atoms with Crippen molar-refractivity contribution in [3.63, 3.8) is 0 Å². The van der Waals surface area contributed by atoms with Gasteiger partial charge in [0.2, 0.25) is 0 Å². The lowest BCUT2D eigenvalue weighted by Gasteiger charge is -2.16. The van der Waals surface area contributed by atoms with Gasteiger partial charge in [0.25, 0.3) is 0 Å². The van der Waals surface area contributed by atoms with E-state index in [1.165, 1.54) is 0 Å². The number of rotatable bonds is 6. The maximum atomic E-state index is 4.94. The Balaban J connectivity index is 3.10. The van der Waals surface area contributed by atoms with Gasteiger partial charge in [-0.25, -0.2) is 0 Å². The van der Waals surface area contributed by atoms with E-state index >= 15 is 0 Å². The molecule has 1 N–H and O–H groups in total. The summed E-state index contributed by atoms with van der Waals surface area (Å²) in [6, 6.07) is 0.617. The molecule has 0 saturated carbocycles. The molecule has 0 aromatic carbocycles. The standard InChI is InChI=1S/C9H21NO/c1-8(2)9(3)10-6-5-7-11-4/h8-10H,5-7H2,1-4H3. The van der Waals surface area contributed by atoms with Crippen molar-refractivity contribution in [1.82, 2.24) is 5.32 Å². The van der Waals surface area contributed by atoms with Crippen molar-refractivity contribution in [3.05, 3.63) is 0 Å². The summed E-state index contributed by atoms with van der Waals surface area (Å²) in [5.41, 5.74) is 0. The van der Waals surface area contributed by atoms with Crippen LogP contribution in [0.5, 0.6) is 0 Å². The van der Waals surface area contributed by atoms with Gasteiger partial charge in [-0.15, -0.1) is 0 Å². The predicted molar refractivity (Wildman–Crippen MR) is 48.8 cm³/mol. The van der Waals surface area contributed by atoms with E-state index in [1.54, 1.807) is 7.11 Å². The summed E-state index contributed by atoms with van der Waals surface area (Å²) in [6.45, 7) is 8.60. The summed E-state index contributed by atoms with van der Waals surface area (Å²) in [5, 5.41) is 3.44. The Morgan fingerprint density at radius 2 is 1.91 bits per heavy atom. The Kier molecular flexibility index (Phi) is 6.57. The molecule has 0 aliphatic carbocycles. The minimum atomic E-state index is 0.617. The second kappa shape index (κ2) is 6.62. The van der Waals surface area contributed by atoms with Gasteiger partial charge in [0.1, 0.15) is 0 Å². The number of ether oxygens (including phenoxy) is 1. The van der Waals surface area contributed by atoms with Crippen LogP contribution in [0.3, 0.4) is 0 Å². The first-order valence-corrected chi connectivity index (χ1v) is 4.40. The first kappa shape index (κ1) is 10.9. The highest BCUT2D eigenvalue weighted by molar-refractivity contribution is 4.63. The predicted octanol–water partition coefficient (Wildman–Crippen LogP) is 1.66. The second-order valence-corrected chi connectivity index (χ2v) is 3.33. The molecule has 0 rings (SSSR count). The van der Waals surface area contributed by atoms with Crippen molar-refractivity contribution < 1.29 is 4.74 Å². The van der Waals surface area contributed by atoms with E-state index in [2.05, 4.69) is 26.1 Å². The minimum Gasteiger partial charge on any atom is -0.385 e. The maximum Gasteiger partial charge on any atom is 0.0474 e. The summed E-state index contributed by atoms with van der Waals surface area (Å²) in [6.07, 6.45) is 1.10. The van der Waals surface area contributed by atoms with E-state index in [0.29, 0.717) is 6.04 Å². The molecule has 0 fully saturated rings. The number of nitrogens with one attached hydrogen (secondary N) is 1. The van der Waals surface area contributed by atoms with Crippen molar-refractivity contribution >= 4 is 0 Å². The van der Waals surface area contributed by atoms with Crippen LogP contribution in [-0.4, -0.2) is 26.3 Å². The zero-order chi connectivity index (χ0) is 8.69. The topological polar surface area (TPSA) is 21.3 Å². The van der Waals surface area contributed by atoms with Crippen LogP contribution in [0.2, 0.25) is 0 Å². The Hall–Kier alpha value is -0.0800. The second-order valence-electron chi connectivity index (χ2n) is 3.33. The fraction of sp³-hybridized carbons (Fsp3) is 1.00.